The summed E-state index contributed by atoms with van der Waals surface area (Å²) in [7, 11) is 0. The van der Waals surface area contributed by atoms with Crippen LogP contribution in [0, 0.1) is 18.3 Å². The average molecular weight is 670 g/mol. The van der Waals surface area contributed by atoms with Crippen LogP contribution in [-0.2, 0) is 0 Å². The largest absolute Gasteiger partial charge is 0.348 e. The molecule has 8 nitrogen and oxygen atoms in total. The highest BCUT2D eigenvalue weighted by Crippen LogP contribution is 2.41. The lowest BCUT2D eigenvalue weighted by molar-refractivity contribution is 0.0941. The minimum Gasteiger partial charge on any atom is -0.348 e. The maximum Gasteiger partial charge on any atom is 0.291 e. The first-order valence-electron chi connectivity index (χ1n) is 18.4. The van der Waals surface area contributed by atoms with E-state index in [1.54, 1.807) is 18.3 Å². The van der Waals surface area contributed by atoms with Gasteiger partial charge in [-0.25, -0.2) is 15.0 Å². The number of hydrogen-bond acceptors (Lipinski definition) is 8. The fourth-order valence-corrected chi connectivity index (χ4v) is 7.23. The van der Waals surface area contributed by atoms with Crippen molar-refractivity contribution in [2.45, 2.75) is 137 Å². The molecule has 0 saturated heterocycles. The van der Waals surface area contributed by atoms with Crippen molar-refractivity contribution in [1.29, 1.82) is 5.26 Å². The average Bonchev–Trinajstić information content (AvgIpc) is 3.72. The summed E-state index contributed by atoms with van der Waals surface area (Å²) in [6.45, 7) is 14.6. The third-order valence-corrected chi connectivity index (χ3v) is 10.3. The van der Waals surface area contributed by atoms with Gasteiger partial charge in [0.1, 0.15) is 28.0 Å². The SMILES string of the molecule is CCCCCCCN(CCCCCCC)c1nc(-c2ccc(C)cc2)c(N=C2C(C)=C(C#N)C(=O)n3nc(C(CC)CCCC)nc32)s1. The van der Waals surface area contributed by atoms with Crippen molar-refractivity contribution in [2.24, 2.45) is 4.99 Å². The fourth-order valence-electron chi connectivity index (χ4n) is 6.21. The molecule has 48 heavy (non-hydrogen) atoms. The van der Waals surface area contributed by atoms with Crippen molar-refractivity contribution < 1.29 is 4.79 Å². The summed E-state index contributed by atoms with van der Waals surface area (Å²) in [6, 6.07) is 10.6. The van der Waals surface area contributed by atoms with Crippen LogP contribution in [0.15, 0.2) is 40.4 Å². The van der Waals surface area contributed by atoms with Crippen LogP contribution in [0.5, 0.6) is 0 Å². The minimum absolute atomic E-state index is 0.0571. The van der Waals surface area contributed by atoms with Gasteiger partial charge < -0.3 is 4.90 Å². The number of benzene rings is 1. The summed E-state index contributed by atoms with van der Waals surface area (Å²) in [6.07, 6.45) is 16.2. The van der Waals surface area contributed by atoms with Crippen LogP contribution in [0.1, 0.15) is 152 Å². The van der Waals surface area contributed by atoms with Crippen LogP contribution in [0.25, 0.3) is 11.3 Å². The highest BCUT2D eigenvalue weighted by Gasteiger charge is 2.34. The van der Waals surface area contributed by atoms with E-state index < -0.39 is 5.91 Å². The zero-order valence-electron chi connectivity index (χ0n) is 30.1. The number of nitriles is 1. The zero-order chi connectivity index (χ0) is 34.5. The first kappa shape index (κ1) is 37.2. The van der Waals surface area contributed by atoms with Gasteiger partial charge >= 0.3 is 0 Å². The molecule has 0 amide bonds. The highest BCUT2D eigenvalue weighted by molar-refractivity contribution is 7.19. The van der Waals surface area contributed by atoms with Crippen LogP contribution in [0.2, 0.25) is 0 Å². The van der Waals surface area contributed by atoms with E-state index >= 15 is 0 Å². The summed E-state index contributed by atoms with van der Waals surface area (Å²) in [5.74, 6) is 0.767. The van der Waals surface area contributed by atoms with E-state index in [1.165, 1.54) is 61.6 Å². The Balaban J connectivity index is 1.81. The Morgan fingerprint density at radius 2 is 1.50 bits per heavy atom. The molecule has 1 aliphatic rings. The molecule has 1 atom stereocenters. The van der Waals surface area contributed by atoms with Gasteiger partial charge in [-0.1, -0.05) is 133 Å². The summed E-state index contributed by atoms with van der Waals surface area (Å²) in [5, 5.41) is 16.5. The molecule has 3 aromatic rings. The van der Waals surface area contributed by atoms with E-state index in [-0.39, 0.29) is 11.5 Å². The topological polar surface area (TPSA) is 100 Å². The number of aromatic nitrogens is 4. The van der Waals surface area contributed by atoms with Crippen molar-refractivity contribution >= 4 is 33.1 Å². The molecule has 1 aliphatic heterocycles. The van der Waals surface area contributed by atoms with Crippen molar-refractivity contribution in [3.8, 4) is 17.3 Å². The van der Waals surface area contributed by atoms with Gasteiger partial charge in [0.05, 0.1) is 0 Å². The number of fused-ring (bicyclic) bond motifs is 1. The Morgan fingerprint density at radius 1 is 0.875 bits per heavy atom. The van der Waals surface area contributed by atoms with Crippen LogP contribution < -0.4 is 4.90 Å². The fraction of sp³-hybridized carbons (Fsp3) is 0.590. The molecule has 258 valence electrons. The molecule has 3 heterocycles. The number of nitrogens with zero attached hydrogens (tertiary/aromatic N) is 7. The predicted molar refractivity (Wildman–Crippen MR) is 200 cm³/mol. The Labute approximate surface area is 292 Å². The molecule has 0 radical (unpaired) electrons. The Bertz CT molecular complexity index is 1580. The second-order valence-electron chi connectivity index (χ2n) is 13.2. The van der Waals surface area contributed by atoms with Crippen LogP contribution in [-0.4, -0.2) is 44.5 Å². The van der Waals surface area contributed by atoms with E-state index in [2.05, 4.69) is 75.0 Å². The Hall–Kier alpha value is -3.64. The molecule has 0 saturated carbocycles. The van der Waals surface area contributed by atoms with Crippen molar-refractivity contribution in [2.75, 3.05) is 18.0 Å². The van der Waals surface area contributed by atoms with E-state index in [9.17, 15) is 10.1 Å². The predicted octanol–water partition coefficient (Wildman–Crippen LogP) is 10.8. The van der Waals surface area contributed by atoms with Gasteiger partial charge in [0.2, 0.25) is 0 Å². The van der Waals surface area contributed by atoms with Crippen LogP contribution in [0.4, 0.5) is 10.1 Å². The van der Waals surface area contributed by atoms with Gasteiger partial charge in [-0.2, -0.15) is 9.94 Å². The molecule has 0 aliphatic carbocycles. The maximum atomic E-state index is 13.4. The Morgan fingerprint density at radius 3 is 2.08 bits per heavy atom. The number of rotatable bonds is 20. The number of aryl methyl sites for hydroxylation is 1. The molecular weight excluding hydrogens is 615 g/mol. The van der Waals surface area contributed by atoms with E-state index in [0.717, 1.165) is 73.0 Å². The van der Waals surface area contributed by atoms with Gasteiger partial charge in [-0.15, -0.1) is 5.10 Å². The molecule has 4 rings (SSSR count). The second kappa shape index (κ2) is 18.8. The first-order chi connectivity index (χ1) is 23.4. The smallest absolute Gasteiger partial charge is 0.291 e. The number of hydrogen-bond donors (Lipinski definition) is 0. The summed E-state index contributed by atoms with van der Waals surface area (Å²) in [4.78, 5) is 31.4. The normalized spacial score (nSPS) is 14.4. The van der Waals surface area contributed by atoms with Gasteiger partial charge in [0, 0.05) is 30.1 Å². The van der Waals surface area contributed by atoms with Gasteiger partial charge in [0.25, 0.3) is 5.91 Å². The third kappa shape index (κ3) is 9.28. The number of aliphatic imine (C=N–C) groups is 1. The lowest BCUT2D eigenvalue weighted by atomic mass is 9.98. The van der Waals surface area contributed by atoms with Crippen molar-refractivity contribution in [3.05, 3.63) is 52.6 Å². The molecule has 0 spiro atoms. The molecule has 1 unspecified atom stereocenters. The first-order valence-corrected chi connectivity index (χ1v) is 19.2. The van der Waals surface area contributed by atoms with E-state index in [4.69, 9.17) is 15.0 Å². The quantitative estimate of drug-likeness (QED) is 0.111. The van der Waals surface area contributed by atoms with E-state index in [1.807, 2.05) is 0 Å². The van der Waals surface area contributed by atoms with Crippen LogP contribution >= 0.6 is 11.3 Å². The number of unbranched alkanes of at least 4 members (excludes halogenated alkanes) is 9. The maximum absolute atomic E-state index is 13.4. The lowest BCUT2D eigenvalue weighted by Gasteiger charge is -2.22. The number of allylic oxidation sites excluding steroid dienone is 2. The molecule has 0 bridgehead atoms. The molecular formula is C39H55N7OS. The van der Waals surface area contributed by atoms with Crippen molar-refractivity contribution in [3.63, 3.8) is 0 Å². The van der Waals surface area contributed by atoms with Gasteiger partial charge in [-0.05, 0) is 39.5 Å². The van der Waals surface area contributed by atoms with Gasteiger partial charge in [-0.3, -0.25) is 4.79 Å². The third-order valence-electron chi connectivity index (χ3n) is 9.32. The molecule has 2 aromatic heterocycles. The monoisotopic (exact) mass is 669 g/mol. The molecule has 9 heteroatoms. The Kier molecular flexibility index (Phi) is 14.6. The number of carbonyl (C=O) groups excluding carboxylic acids is 1. The molecule has 0 fully saturated rings. The molecule has 0 N–H and O–H groups in total. The number of carbonyl (C=O) groups is 1. The zero-order valence-corrected chi connectivity index (χ0v) is 31.0. The second-order valence-corrected chi connectivity index (χ2v) is 14.1. The van der Waals surface area contributed by atoms with Gasteiger partial charge in [0.15, 0.2) is 16.8 Å². The summed E-state index contributed by atoms with van der Waals surface area (Å²) >= 11 is 1.59. The summed E-state index contributed by atoms with van der Waals surface area (Å²) < 4.78 is 1.31. The lowest BCUT2D eigenvalue weighted by Crippen LogP contribution is -2.28. The number of thiazole rings is 1. The van der Waals surface area contributed by atoms with E-state index in [0.29, 0.717) is 22.9 Å². The summed E-state index contributed by atoms with van der Waals surface area (Å²) in [5.41, 5.74) is 4.10. The van der Waals surface area contributed by atoms with Crippen molar-refractivity contribution in [1.82, 2.24) is 19.7 Å². The van der Waals surface area contributed by atoms with Crippen LogP contribution in [0.3, 0.4) is 0 Å². The highest BCUT2D eigenvalue weighted by atomic mass is 32.1. The molecule has 1 aromatic carbocycles. The standard InChI is InChI=1S/C39H55N7OS/c1-7-11-14-16-18-25-45(26-19-17-15-12-8-2)39-42-34(31-23-21-28(5)22-24-31)37(48-39)41-33-29(6)32(27-40)38(47)46-36(33)43-35(44-46)30(10-4)20-13-9-3/h21-24,30H,7-20,25-26H2,1-6H3. The number of anilines is 1. The minimum atomic E-state index is -0.436.